The van der Waals surface area contributed by atoms with Crippen molar-refractivity contribution in [2.45, 2.75) is 32.9 Å². The topological polar surface area (TPSA) is 39.2 Å². The molecule has 0 N–H and O–H groups in total. The van der Waals surface area contributed by atoms with E-state index in [0.717, 1.165) is 12.1 Å². The SMILES string of the molecule is CCOC(=O)c1cnc2cc(C(F)(F)F)ccc2c1C(C)C. The maximum atomic E-state index is 12.8. The Balaban J connectivity index is 2.67. The van der Waals surface area contributed by atoms with Crippen LogP contribution in [-0.2, 0) is 10.9 Å². The summed E-state index contributed by atoms with van der Waals surface area (Å²) in [6.45, 7) is 5.66. The van der Waals surface area contributed by atoms with Gasteiger partial charge in [-0.15, -0.1) is 0 Å². The fourth-order valence-electron chi connectivity index (χ4n) is 2.38. The third kappa shape index (κ3) is 3.05. The molecule has 0 amide bonds. The van der Waals surface area contributed by atoms with Crippen LogP contribution in [0.2, 0.25) is 0 Å². The maximum Gasteiger partial charge on any atom is 0.416 e. The molecule has 0 radical (unpaired) electrons. The Morgan fingerprint density at radius 1 is 1.32 bits per heavy atom. The van der Waals surface area contributed by atoms with Crippen molar-refractivity contribution in [3.8, 4) is 0 Å². The lowest BCUT2D eigenvalue weighted by Gasteiger charge is -2.16. The molecule has 0 bridgehead atoms. The second kappa shape index (κ2) is 5.94. The fraction of sp³-hybridized carbons (Fsp3) is 0.375. The first-order valence-corrected chi connectivity index (χ1v) is 6.92. The minimum Gasteiger partial charge on any atom is -0.462 e. The highest BCUT2D eigenvalue weighted by Crippen LogP contribution is 2.34. The number of nitrogens with zero attached hydrogens (tertiary/aromatic N) is 1. The number of ether oxygens (including phenoxy) is 1. The van der Waals surface area contributed by atoms with Crippen molar-refractivity contribution < 1.29 is 22.7 Å². The number of pyridine rings is 1. The molecule has 0 aliphatic rings. The van der Waals surface area contributed by atoms with Gasteiger partial charge in [-0.25, -0.2) is 4.79 Å². The molecule has 22 heavy (non-hydrogen) atoms. The first kappa shape index (κ1) is 16.3. The number of aromatic nitrogens is 1. The molecule has 0 aliphatic heterocycles. The van der Waals surface area contributed by atoms with Gasteiger partial charge in [0.1, 0.15) is 0 Å². The number of hydrogen-bond acceptors (Lipinski definition) is 3. The Bertz CT molecular complexity index is 708. The summed E-state index contributed by atoms with van der Waals surface area (Å²) in [6.07, 6.45) is -3.14. The second-order valence-corrected chi connectivity index (χ2v) is 5.19. The number of fused-ring (bicyclic) bond motifs is 1. The van der Waals surface area contributed by atoms with Crippen molar-refractivity contribution in [1.29, 1.82) is 0 Å². The van der Waals surface area contributed by atoms with Crippen LogP contribution in [-0.4, -0.2) is 17.6 Å². The van der Waals surface area contributed by atoms with Gasteiger partial charge in [0.05, 0.1) is 23.3 Å². The van der Waals surface area contributed by atoms with Crippen LogP contribution < -0.4 is 0 Å². The summed E-state index contributed by atoms with van der Waals surface area (Å²) < 4.78 is 43.3. The first-order chi connectivity index (χ1) is 10.3. The Hall–Kier alpha value is -2.11. The molecule has 0 spiro atoms. The molecule has 0 aliphatic carbocycles. The quantitative estimate of drug-likeness (QED) is 0.780. The molecule has 1 aromatic carbocycles. The number of rotatable bonds is 3. The molecule has 118 valence electrons. The van der Waals surface area contributed by atoms with Crippen LogP contribution >= 0.6 is 0 Å². The molecule has 6 heteroatoms. The van der Waals surface area contributed by atoms with Crippen molar-refractivity contribution in [3.05, 3.63) is 41.1 Å². The van der Waals surface area contributed by atoms with Crippen molar-refractivity contribution in [3.63, 3.8) is 0 Å². The number of alkyl halides is 3. The predicted octanol–water partition coefficient (Wildman–Crippen LogP) is 4.55. The predicted molar refractivity (Wildman–Crippen MR) is 76.8 cm³/mol. The molecule has 1 heterocycles. The fourth-order valence-corrected chi connectivity index (χ4v) is 2.38. The molecular weight excluding hydrogens is 295 g/mol. The standard InChI is InChI=1S/C16H16F3NO2/c1-4-22-15(21)12-8-20-13-7-10(16(17,18)19)5-6-11(13)14(12)9(2)3/h5-9H,4H2,1-3H3. The van der Waals surface area contributed by atoms with E-state index in [2.05, 4.69) is 4.98 Å². The largest absolute Gasteiger partial charge is 0.462 e. The van der Waals surface area contributed by atoms with Crippen molar-refractivity contribution >= 4 is 16.9 Å². The van der Waals surface area contributed by atoms with Crippen LogP contribution in [0, 0.1) is 0 Å². The second-order valence-electron chi connectivity index (χ2n) is 5.19. The van der Waals surface area contributed by atoms with E-state index in [0.29, 0.717) is 16.5 Å². The summed E-state index contributed by atoms with van der Waals surface area (Å²) in [6, 6.07) is 3.37. The highest BCUT2D eigenvalue weighted by Gasteiger charge is 2.31. The third-order valence-corrected chi connectivity index (χ3v) is 3.31. The van der Waals surface area contributed by atoms with Crippen molar-refractivity contribution in [1.82, 2.24) is 4.98 Å². The lowest BCUT2D eigenvalue weighted by atomic mass is 9.93. The van der Waals surface area contributed by atoms with E-state index in [1.54, 1.807) is 6.92 Å². The Morgan fingerprint density at radius 2 is 2.00 bits per heavy atom. The van der Waals surface area contributed by atoms with Gasteiger partial charge in [0, 0.05) is 11.6 Å². The average molecular weight is 311 g/mol. The molecule has 0 atom stereocenters. The summed E-state index contributed by atoms with van der Waals surface area (Å²) in [4.78, 5) is 16.0. The molecule has 0 unspecified atom stereocenters. The third-order valence-electron chi connectivity index (χ3n) is 3.31. The highest BCUT2D eigenvalue weighted by atomic mass is 19.4. The lowest BCUT2D eigenvalue weighted by molar-refractivity contribution is -0.137. The summed E-state index contributed by atoms with van der Waals surface area (Å²) in [5, 5.41) is 0.536. The zero-order valence-electron chi connectivity index (χ0n) is 12.5. The van der Waals surface area contributed by atoms with Crippen LogP contribution in [0.4, 0.5) is 13.2 Å². The number of benzene rings is 1. The van der Waals surface area contributed by atoms with Gasteiger partial charge in [0.2, 0.25) is 0 Å². The van der Waals surface area contributed by atoms with Crippen molar-refractivity contribution in [2.24, 2.45) is 0 Å². The number of halogens is 3. The van der Waals surface area contributed by atoms with E-state index < -0.39 is 17.7 Å². The lowest BCUT2D eigenvalue weighted by Crippen LogP contribution is -2.11. The smallest absolute Gasteiger partial charge is 0.416 e. The van der Waals surface area contributed by atoms with E-state index in [4.69, 9.17) is 4.74 Å². The van der Waals surface area contributed by atoms with Gasteiger partial charge >= 0.3 is 12.1 Å². The van der Waals surface area contributed by atoms with E-state index in [1.165, 1.54) is 12.3 Å². The van der Waals surface area contributed by atoms with Gasteiger partial charge in [0.15, 0.2) is 0 Å². The zero-order chi connectivity index (χ0) is 16.5. The van der Waals surface area contributed by atoms with Crippen LogP contribution in [0.5, 0.6) is 0 Å². The molecular formula is C16H16F3NO2. The van der Waals surface area contributed by atoms with E-state index in [1.807, 2.05) is 13.8 Å². The van der Waals surface area contributed by atoms with Crippen LogP contribution in [0.15, 0.2) is 24.4 Å². The molecule has 2 aromatic rings. The Labute approximate surface area is 126 Å². The summed E-state index contributed by atoms with van der Waals surface area (Å²) >= 11 is 0. The van der Waals surface area contributed by atoms with Gasteiger partial charge in [-0.2, -0.15) is 13.2 Å². The van der Waals surface area contributed by atoms with Crippen LogP contribution in [0.25, 0.3) is 10.9 Å². The Morgan fingerprint density at radius 3 is 2.55 bits per heavy atom. The van der Waals surface area contributed by atoms with Gasteiger partial charge in [-0.05, 0) is 30.5 Å². The summed E-state index contributed by atoms with van der Waals surface area (Å²) in [7, 11) is 0. The van der Waals surface area contributed by atoms with Gasteiger partial charge in [0.25, 0.3) is 0 Å². The first-order valence-electron chi connectivity index (χ1n) is 6.92. The molecule has 2 rings (SSSR count). The normalized spacial score (nSPS) is 12.0. The average Bonchev–Trinajstić information content (AvgIpc) is 2.44. The number of esters is 1. The molecule has 3 nitrogen and oxygen atoms in total. The van der Waals surface area contributed by atoms with Gasteiger partial charge in [-0.3, -0.25) is 4.98 Å². The zero-order valence-corrected chi connectivity index (χ0v) is 12.5. The molecule has 0 saturated carbocycles. The van der Waals surface area contributed by atoms with Crippen molar-refractivity contribution in [2.75, 3.05) is 6.61 Å². The van der Waals surface area contributed by atoms with Gasteiger partial charge < -0.3 is 4.74 Å². The highest BCUT2D eigenvalue weighted by molar-refractivity contribution is 5.97. The summed E-state index contributed by atoms with van der Waals surface area (Å²) in [5.41, 5.74) is 0.402. The molecule has 1 aromatic heterocycles. The van der Waals surface area contributed by atoms with Crippen LogP contribution in [0.3, 0.4) is 0 Å². The number of hydrogen-bond donors (Lipinski definition) is 0. The minimum atomic E-state index is -4.42. The van der Waals surface area contributed by atoms with Crippen LogP contribution in [0.1, 0.15) is 48.2 Å². The molecule has 0 fully saturated rings. The monoisotopic (exact) mass is 311 g/mol. The van der Waals surface area contributed by atoms with E-state index >= 15 is 0 Å². The van der Waals surface area contributed by atoms with Gasteiger partial charge in [-0.1, -0.05) is 19.9 Å². The Kier molecular flexibility index (Phi) is 4.39. The minimum absolute atomic E-state index is 0.0540. The maximum absolute atomic E-state index is 12.8. The number of carbonyl (C=O) groups is 1. The number of carbonyl (C=O) groups excluding carboxylic acids is 1. The van der Waals surface area contributed by atoms with E-state index in [9.17, 15) is 18.0 Å². The summed E-state index contributed by atoms with van der Waals surface area (Å²) in [5.74, 6) is -0.567. The molecule has 0 saturated heterocycles. The van der Waals surface area contributed by atoms with E-state index in [-0.39, 0.29) is 18.0 Å².